The van der Waals surface area contributed by atoms with E-state index in [-0.39, 0.29) is 17.1 Å². The van der Waals surface area contributed by atoms with Crippen LogP contribution in [0.4, 0.5) is 11.4 Å². The van der Waals surface area contributed by atoms with Crippen LogP contribution < -0.4 is 10.1 Å². The number of hydrogen-bond acceptors (Lipinski definition) is 8. The molecule has 0 saturated heterocycles. The number of esters is 1. The van der Waals surface area contributed by atoms with Crippen molar-refractivity contribution >= 4 is 23.3 Å². The van der Waals surface area contributed by atoms with Crippen molar-refractivity contribution in [1.82, 2.24) is 9.97 Å². The molecule has 10 nitrogen and oxygen atoms in total. The normalized spacial score (nSPS) is 10.1. The molecule has 0 radical (unpaired) electrons. The third kappa shape index (κ3) is 4.97. The molecule has 0 aliphatic heterocycles. The van der Waals surface area contributed by atoms with Gasteiger partial charge in [0.15, 0.2) is 12.3 Å². The fraction of sp³-hybridized carbons (Fsp3) is 0.250. The van der Waals surface area contributed by atoms with Crippen molar-refractivity contribution in [3.8, 4) is 5.75 Å². The number of amides is 1. The molecule has 0 unspecified atom stereocenters. The average molecular weight is 360 g/mol. The van der Waals surface area contributed by atoms with E-state index in [0.717, 1.165) is 0 Å². The molecule has 1 heterocycles. The number of nitrogens with one attached hydrogen (secondary N) is 1. The highest BCUT2D eigenvalue weighted by Crippen LogP contribution is 2.29. The molecule has 1 amide bonds. The van der Waals surface area contributed by atoms with Crippen LogP contribution in [0.3, 0.4) is 0 Å². The smallest absolute Gasteiger partial charge is 0.359 e. The van der Waals surface area contributed by atoms with E-state index in [2.05, 4.69) is 15.3 Å². The summed E-state index contributed by atoms with van der Waals surface area (Å²) in [5.41, 5.74) is 0.215. The molecular formula is C16H16N4O6. The lowest BCUT2D eigenvalue weighted by molar-refractivity contribution is -0.384. The average Bonchev–Trinajstić information content (AvgIpc) is 2.61. The van der Waals surface area contributed by atoms with Crippen molar-refractivity contribution in [2.75, 3.05) is 18.5 Å². The summed E-state index contributed by atoms with van der Waals surface area (Å²) in [5.74, 6) is -1.25. The van der Waals surface area contributed by atoms with Gasteiger partial charge >= 0.3 is 5.97 Å². The molecule has 0 fully saturated rings. The Morgan fingerprint density at radius 1 is 1.27 bits per heavy atom. The topological polar surface area (TPSA) is 134 Å². The standard InChI is InChI=1S/C16H16N4O6/c1-3-25-11-4-5-12(14(6-11)20(23)24)19-15(21)9-26-16(22)13-8-17-10(2)7-18-13/h4-8H,3,9H2,1-2H3,(H,19,21). The molecule has 2 rings (SSSR count). The first-order chi connectivity index (χ1) is 12.4. The van der Waals surface area contributed by atoms with Gasteiger partial charge in [0, 0.05) is 6.20 Å². The maximum atomic E-state index is 11.9. The first kappa shape index (κ1) is 18.8. The first-order valence-electron chi connectivity index (χ1n) is 7.57. The fourth-order valence-electron chi connectivity index (χ4n) is 1.91. The Labute approximate surface area is 148 Å². The lowest BCUT2D eigenvalue weighted by Crippen LogP contribution is -2.22. The van der Waals surface area contributed by atoms with Crippen molar-refractivity contribution in [2.24, 2.45) is 0 Å². The third-order valence-corrected chi connectivity index (χ3v) is 3.08. The van der Waals surface area contributed by atoms with Crippen LogP contribution in [0.2, 0.25) is 0 Å². The van der Waals surface area contributed by atoms with Crippen LogP contribution in [0.15, 0.2) is 30.6 Å². The Kier molecular flexibility index (Phi) is 6.15. The number of benzene rings is 1. The zero-order valence-corrected chi connectivity index (χ0v) is 14.1. The highest BCUT2D eigenvalue weighted by atomic mass is 16.6. The Morgan fingerprint density at radius 3 is 2.65 bits per heavy atom. The van der Waals surface area contributed by atoms with E-state index in [1.54, 1.807) is 13.8 Å². The minimum Gasteiger partial charge on any atom is -0.494 e. The van der Waals surface area contributed by atoms with Crippen molar-refractivity contribution in [2.45, 2.75) is 13.8 Å². The first-order valence-corrected chi connectivity index (χ1v) is 7.57. The second-order valence-electron chi connectivity index (χ2n) is 5.04. The van der Waals surface area contributed by atoms with Gasteiger partial charge in [-0.25, -0.2) is 9.78 Å². The van der Waals surface area contributed by atoms with Gasteiger partial charge in [-0.15, -0.1) is 0 Å². The minimum atomic E-state index is -0.825. The number of rotatable bonds is 7. The molecule has 1 aromatic carbocycles. The van der Waals surface area contributed by atoms with E-state index >= 15 is 0 Å². The Bertz CT molecular complexity index is 822. The zero-order valence-electron chi connectivity index (χ0n) is 14.1. The summed E-state index contributed by atoms with van der Waals surface area (Å²) in [5, 5.41) is 13.5. The summed E-state index contributed by atoms with van der Waals surface area (Å²) in [6.07, 6.45) is 2.62. The fourth-order valence-corrected chi connectivity index (χ4v) is 1.91. The Hall–Kier alpha value is -3.56. The molecule has 0 atom stereocenters. The maximum Gasteiger partial charge on any atom is 0.359 e. The van der Waals surface area contributed by atoms with Crippen LogP contribution in [0, 0.1) is 17.0 Å². The zero-order chi connectivity index (χ0) is 19.1. The molecule has 0 saturated carbocycles. The summed E-state index contributed by atoms with van der Waals surface area (Å²) in [6, 6.07) is 4.03. The second-order valence-corrected chi connectivity index (χ2v) is 5.04. The number of nitro groups is 1. The van der Waals surface area contributed by atoms with E-state index in [9.17, 15) is 19.7 Å². The number of nitro benzene ring substituents is 1. The highest BCUT2D eigenvalue weighted by Gasteiger charge is 2.18. The van der Waals surface area contributed by atoms with E-state index < -0.39 is 23.4 Å². The van der Waals surface area contributed by atoms with E-state index in [4.69, 9.17) is 9.47 Å². The second kappa shape index (κ2) is 8.51. The molecule has 136 valence electrons. The number of anilines is 1. The van der Waals surface area contributed by atoms with E-state index in [1.807, 2.05) is 0 Å². The Balaban J connectivity index is 1.99. The van der Waals surface area contributed by atoms with Gasteiger partial charge in [0.25, 0.3) is 11.6 Å². The van der Waals surface area contributed by atoms with Crippen LogP contribution in [0.25, 0.3) is 0 Å². The SMILES string of the molecule is CCOc1ccc(NC(=O)COC(=O)c2cnc(C)cn2)c([N+](=O)[O-])c1. The van der Waals surface area contributed by atoms with Gasteiger partial charge in [0.1, 0.15) is 11.4 Å². The molecule has 0 aliphatic carbocycles. The highest BCUT2D eigenvalue weighted by molar-refractivity contribution is 5.96. The summed E-state index contributed by atoms with van der Waals surface area (Å²) in [7, 11) is 0. The quantitative estimate of drug-likeness (QED) is 0.449. The van der Waals surface area contributed by atoms with Crippen LogP contribution >= 0.6 is 0 Å². The van der Waals surface area contributed by atoms with Crippen molar-refractivity contribution in [3.05, 3.63) is 52.1 Å². The molecule has 10 heteroatoms. The van der Waals surface area contributed by atoms with Gasteiger partial charge in [-0.1, -0.05) is 0 Å². The number of aryl methyl sites for hydroxylation is 1. The monoisotopic (exact) mass is 360 g/mol. The molecule has 1 aromatic heterocycles. The van der Waals surface area contributed by atoms with Gasteiger partial charge in [0.05, 0.1) is 29.5 Å². The summed E-state index contributed by atoms with van der Waals surface area (Å²) < 4.78 is 10.0. The van der Waals surface area contributed by atoms with Crippen molar-refractivity contribution in [1.29, 1.82) is 0 Å². The number of nitrogens with zero attached hydrogens (tertiary/aromatic N) is 3. The predicted molar refractivity (Wildman–Crippen MR) is 89.9 cm³/mol. The maximum absolute atomic E-state index is 11.9. The van der Waals surface area contributed by atoms with Gasteiger partial charge in [-0.2, -0.15) is 0 Å². The lowest BCUT2D eigenvalue weighted by atomic mass is 10.2. The van der Waals surface area contributed by atoms with Gasteiger partial charge in [-0.05, 0) is 26.0 Å². The van der Waals surface area contributed by atoms with Gasteiger partial charge in [0.2, 0.25) is 0 Å². The minimum absolute atomic E-state index is 0.0328. The molecule has 1 N–H and O–H groups in total. The summed E-state index contributed by atoms with van der Waals surface area (Å²) in [6.45, 7) is 3.17. The largest absolute Gasteiger partial charge is 0.494 e. The van der Waals surface area contributed by atoms with Crippen molar-refractivity contribution < 1.29 is 24.0 Å². The molecule has 0 bridgehead atoms. The molecule has 26 heavy (non-hydrogen) atoms. The van der Waals surface area contributed by atoms with Gasteiger partial charge < -0.3 is 14.8 Å². The Morgan fingerprint density at radius 2 is 2.04 bits per heavy atom. The van der Waals surface area contributed by atoms with E-state index in [0.29, 0.717) is 18.1 Å². The molecule has 0 aliphatic rings. The third-order valence-electron chi connectivity index (χ3n) is 3.08. The number of ether oxygens (including phenoxy) is 2. The van der Waals surface area contributed by atoms with Crippen molar-refractivity contribution in [3.63, 3.8) is 0 Å². The summed E-state index contributed by atoms with van der Waals surface area (Å²) in [4.78, 5) is 41.9. The molecular weight excluding hydrogens is 344 g/mol. The molecule has 0 spiro atoms. The van der Waals surface area contributed by atoms with E-state index in [1.165, 1.54) is 30.6 Å². The van der Waals surface area contributed by atoms with Crippen LogP contribution in [0.5, 0.6) is 5.75 Å². The lowest BCUT2D eigenvalue weighted by Gasteiger charge is -2.08. The molecule has 2 aromatic rings. The number of carbonyl (C=O) groups is 2. The summed E-state index contributed by atoms with van der Waals surface area (Å²) >= 11 is 0. The number of hydrogen-bond donors (Lipinski definition) is 1. The van der Waals surface area contributed by atoms with Gasteiger partial charge in [-0.3, -0.25) is 19.9 Å². The van der Waals surface area contributed by atoms with Crippen LogP contribution in [-0.4, -0.2) is 40.0 Å². The predicted octanol–water partition coefficient (Wildman–Crippen LogP) is 1.89. The van der Waals surface area contributed by atoms with Crippen LogP contribution in [0.1, 0.15) is 23.1 Å². The van der Waals surface area contributed by atoms with Crippen LogP contribution in [-0.2, 0) is 9.53 Å². The number of aromatic nitrogens is 2. The number of carbonyl (C=O) groups excluding carboxylic acids is 2.